The van der Waals surface area contributed by atoms with E-state index >= 15 is 0 Å². The summed E-state index contributed by atoms with van der Waals surface area (Å²) in [6, 6.07) is 9.33. The molecule has 0 aliphatic carbocycles. The molecule has 0 bridgehead atoms. The summed E-state index contributed by atoms with van der Waals surface area (Å²) in [4.78, 5) is 18.3. The van der Waals surface area contributed by atoms with Crippen LogP contribution < -0.4 is 5.30 Å². The van der Waals surface area contributed by atoms with Gasteiger partial charge in [-0.1, -0.05) is 30.3 Å². The predicted molar refractivity (Wildman–Crippen MR) is 63.5 cm³/mol. The van der Waals surface area contributed by atoms with Gasteiger partial charge in [-0.25, -0.2) is 8.78 Å². The van der Waals surface area contributed by atoms with Crippen molar-refractivity contribution >= 4 is 12.9 Å². The van der Waals surface area contributed by atoms with Crippen LogP contribution in [0.15, 0.2) is 42.5 Å². The Labute approximate surface area is 102 Å². The molecular formula is C12H9F2O3P. The van der Waals surface area contributed by atoms with Crippen LogP contribution in [0, 0.1) is 11.6 Å². The zero-order valence-corrected chi connectivity index (χ0v) is 9.94. The molecule has 0 unspecified atom stereocenters. The van der Waals surface area contributed by atoms with E-state index in [4.69, 9.17) is 9.79 Å². The fourth-order valence-corrected chi connectivity index (χ4v) is 2.45. The Hall–Kier alpha value is -1.55. The Kier molecular flexibility index (Phi) is 3.30. The molecule has 0 aliphatic rings. The zero-order valence-electron chi connectivity index (χ0n) is 9.05. The van der Waals surface area contributed by atoms with E-state index in [2.05, 4.69) is 0 Å². The highest BCUT2D eigenvalue weighted by molar-refractivity contribution is 7.60. The first kappa shape index (κ1) is 12.9. The molecule has 0 saturated heterocycles. The van der Waals surface area contributed by atoms with Crippen molar-refractivity contribution in [2.45, 2.75) is 0 Å². The molecule has 0 heterocycles. The molecule has 2 aromatic rings. The van der Waals surface area contributed by atoms with Gasteiger partial charge in [-0.15, -0.1) is 0 Å². The van der Waals surface area contributed by atoms with Gasteiger partial charge in [0.25, 0.3) is 0 Å². The molecule has 0 fully saturated rings. The van der Waals surface area contributed by atoms with Gasteiger partial charge in [-0.3, -0.25) is 4.57 Å². The molecule has 0 radical (unpaired) electrons. The van der Waals surface area contributed by atoms with Gasteiger partial charge in [0, 0.05) is 5.56 Å². The van der Waals surface area contributed by atoms with Gasteiger partial charge in [0.15, 0.2) is 11.6 Å². The van der Waals surface area contributed by atoms with Crippen molar-refractivity contribution < 1.29 is 23.1 Å². The first-order valence-corrected chi connectivity index (χ1v) is 6.62. The summed E-state index contributed by atoms with van der Waals surface area (Å²) < 4.78 is 38.3. The van der Waals surface area contributed by atoms with Crippen LogP contribution >= 0.6 is 7.60 Å². The summed E-state index contributed by atoms with van der Waals surface area (Å²) in [7, 11) is -4.67. The fourth-order valence-electron chi connectivity index (χ4n) is 1.66. The smallest absolute Gasteiger partial charge is 0.321 e. The summed E-state index contributed by atoms with van der Waals surface area (Å²) in [6.45, 7) is 0. The fraction of sp³-hybridized carbons (Fsp3) is 0. The first-order chi connectivity index (χ1) is 8.41. The van der Waals surface area contributed by atoms with E-state index in [1.54, 1.807) is 18.2 Å². The van der Waals surface area contributed by atoms with E-state index in [-0.39, 0.29) is 5.56 Å². The van der Waals surface area contributed by atoms with Crippen molar-refractivity contribution in [3.05, 3.63) is 54.1 Å². The molecule has 0 atom stereocenters. The van der Waals surface area contributed by atoms with E-state index in [0.29, 0.717) is 6.07 Å². The maximum Gasteiger partial charge on any atom is 0.356 e. The Morgan fingerprint density at radius 1 is 0.944 bits per heavy atom. The Bertz CT molecular complexity index is 623. The topological polar surface area (TPSA) is 57.5 Å². The van der Waals surface area contributed by atoms with E-state index in [1.165, 1.54) is 12.1 Å². The van der Waals surface area contributed by atoms with Crippen LogP contribution in [0.4, 0.5) is 8.78 Å². The Balaban J connectivity index is 2.79. The van der Waals surface area contributed by atoms with Crippen molar-refractivity contribution in [2.24, 2.45) is 0 Å². The second-order valence-corrected chi connectivity index (χ2v) is 5.24. The standard InChI is InChI=1S/C12H9F2O3P/c13-9-6-7-10(18(15,16)17)11(12(9)14)8-4-2-1-3-5-8/h1-7H,(H2,15,16,17). The lowest BCUT2D eigenvalue weighted by atomic mass is 10.1. The van der Waals surface area contributed by atoms with Crippen LogP contribution in [-0.4, -0.2) is 9.79 Å². The third-order valence-electron chi connectivity index (χ3n) is 2.45. The third kappa shape index (κ3) is 2.34. The molecule has 0 spiro atoms. The third-order valence-corrected chi connectivity index (χ3v) is 3.45. The van der Waals surface area contributed by atoms with Gasteiger partial charge in [0.2, 0.25) is 0 Å². The summed E-state index contributed by atoms with van der Waals surface area (Å²) >= 11 is 0. The van der Waals surface area contributed by atoms with Crippen LogP contribution in [0.25, 0.3) is 11.1 Å². The molecule has 0 aliphatic heterocycles. The Morgan fingerprint density at radius 2 is 1.56 bits per heavy atom. The van der Waals surface area contributed by atoms with E-state index in [1.807, 2.05) is 0 Å². The molecular weight excluding hydrogens is 261 g/mol. The predicted octanol–water partition coefficient (Wildman–Crippen LogP) is 2.43. The summed E-state index contributed by atoms with van der Waals surface area (Å²) in [5.41, 5.74) is -0.184. The van der Waals surface area contributed by atoms with Gasteiger partial charge in [-0.05, 0) is 17.7 Å². The van der Waals surface area contributed by atoms with E-state index < -0.39 is 30.1 Å². The minimum atomic E-state index is -4.67. The van der Waals surface area contributed by atoms with Crippen molar-refractivity contribution in [3.8, 4) is 11.1 Å². The highest BCUT2D eigenvalue weighted by Gasteiger charge is 2.26. The molecule has 0 aromatic heterocycles. The van der Waals surface area contributed by atoms with Crippen LogP contribution in [0.5, 0.6) is 0 Å². The number of hydrogen-bond acceptors (Lipinski definition) is 1. The van der Waals surface area contributed by atoms with Gasteiger partial charge in [-0.2, -0.15) is 0 Å². The average molecular weight is 270 g/mol. The van der Waals surface area contributed by atoms with Crippen molar-refractivity contribution in [2.75, 3.05) is 0 Å². The minimum absolute atomic E-state index is 0.216. The van der Waals surface area contributed by atoms with E-state index in [0.717, 1.165) is 6.07 Å². The number of halogens is 2. The van der Waals surface area contributed by atoms with Gasteiger partial charge < -0.3 is 9.79 Å². The Morgan fingerprint density at radius 3 is 2.11 bits per heavy atom. The molecule has 94 valence electrons. The lowest BCUT2D eigenvalue weighted by Gasteiger charge is -2.12. The normalized spacial score (nSPS) is 11.6. The van der Waals surface area contributed by atoms with Gasteiger partial charge in [0.1, 0.15) is 0 Å². The lowest BCUT2D eigenvalue weighted by Crippen LogP contribution is -2.11. The van der Waals surface area contributed by atoms with Crippen molar-refractivity contribution in [3.63, 3.8) is 0 Å². The van der Waals surface area contributed by atoms with Crippen molar-refractivity contribution in [1.82, 2.24) is 0 Å². The largest absolute Gasteiger partial charge is 0.356 e. The zero-order chi connectivity index (χ0) is 13.3. The number of benzene rings is 2. The lowest BCUT2D eigenvalue weighted by molar-refractivity contribution is 0.387. The molecule has 0 saturated carbocycles. The van der Waals surface area contributed by atoms with Crippen molar-refractivity contribution in [1.29, 1.82) is 0 Å². The maximum atomic E-state index is 13.8. The highest BCUT2D eigenvalue weighted by Crippen LogP contribution is 2.39. The maximum absolute atomic E-state index is 13.8. The highest BCUT2D eigenvalue weighted by atomic mass is 31.2. The van der Waals surface area contributed by atoms with Gasteiger partial charge >= 0.3 is 7.60 Å². The van der Waals surface area contributed by atoms with E-state index in [9.17, 15) is 13.3 Å². The van der Waals surface area contributed by atoms with Gasteiger partial charge in [0.05, 0.1) is 5.30 Å². The molecule has 2 aromatic carbocycles. The number of hydrogen-bond donors (Lipinski definition) is 2. The molecule has 6 heteroatoms. The van der Waals surface area contributed by atoms with Crippen LogP contribution in [0.1, 0.15) is 0 Å². The molecule has 0 amide bonds. The molecule has 18 heavy (non-hydrogen) atoms. The molecule has 2 N–H and O–H groups in total. The summed E-state index contributed by atoms with van der Waals surface area (Å²) in [5.74, 6) is -2.41. The average Bonchev–Trinajstić information content (AvgIpc) is 2.32. The van der Waals surface area contributed by atoms with Crippen LogP contribution in [-0.2, 0) is 4.57 Å². The monoisotopic (exact) mass is 270 g/mol. The minimum Gasteiger partial charge on any atom is -0.321 e. The molecule has 3 nitrogen and oxygen atoms in total. The molecule has 2 rings (SSSR count). The van der Waals surface area contributed by atoms with Crippen LogP contribution in [0.3, 0.4) is 0 Å². The second-order valence-electron chi connectivity index (χ2n) is 3.67. The number of rotatable bonds is 2. The van der Waals surface area contributed by atoms with Crippen LogP contribution in [0.2, 0.25) is 0 Å². The summed E-state index contributed by atoms with van der Waals surface area (Å²) in [5, 5.41) is -0.521. The quantitative estimate of drug-likeness (QED) is 0.824. The second kappa shape index (κ2) is 4.61. The SMILES string of the molecule is O=P(O)(O)c1ccc(F)c(F)c1-c1ccccc1. The summed E-state index contributed by atoms with van der Waals surface area (Å²) in [6.07, 6.45) is 0. The first-order valence-electron chi connectivity index (χ1n) is 5.01.